The molecule has 5 nitrogen and oxygen atoms in total. The van der Waals surface area contributed by atoms with Gasteiger partial charge < -0.3 is 19.0 Å². The summed E-state index contributed by atoms with van der Waals surface area (Å²) < 4.78 is 17.3. The standard InChI is InChI=1S/C12H27NO4Si/c1-5-15-18(16-6-2,17-7-3)12(11(4)14)9-8-10-13/h12H,5-10,13H2,1-4H3. The second-order valence-corrected chi connectivity index (χ2v) is 6.77. The molecular formula is C12H27NO4Si. The molecule has 0 amide bonds. The van der Waals surface area contributed by atoms with Crippen LogP contribution in [0, 0.1) is 0 Å². The van der Waals surface area contributed by atoms with Crippen molar-refractivity contribution in [2.45, 2.75) is 46.1 Å². The Labute approximate surface area is 111 Å². The van der Waals surface area contributed by atoms with Gasteiger partial charge in [0.05, 0.1) is 5.54 Å². The number of Topliss-reactive ketones (excluding diaryl/α,β-unsaturated/α-hetero) is 1. The maximum atomic E-state index is 11.9. The third-order valence-corrected chi connectivity index (χ3v) is 6.27. The first-order valence-corrected chi connectivity index (χ1v) is 8.50. The van der Waals surface area contributed by atoms with E-state index in [-0.39, 0.29) is 11.3 Å². The minimum atomic E-state index is -2.93. The molecule has 0 aliphatic heterocycles. The summed E-state index contributed by atoms with van der Waals surface area (Å²) in [5, 5.41) is 0. The van der Waals surface area contributed by atoms with Gasteiger partial charge in [-0.3, -0.25) is 4.79 Å². The van der Waals surface area contributed by atoms with Crippen LogP contribution in [0.25, 0.3) is 0 Å². The van der Waals surface area contributed by atoms with Crippen molar-refractivity contribution < 1.29 is 18.1 Å². The number of ketones is 1. The van der Waals surface area contributed by atoms with Crippen LogP contribution >= 0.6 is 0 Å². The summed E-state index contributed by atoms with van der Waals surface area (Å²) in [7, 11) is -2.93. The highest BCUT2D eigenvalue weighted by Gasteiger charge is 2.51. The fourth-order valence-electron chi connectivity index (χ4n) is 1.98. The van der Waals surface area contributed by atoms with E-state index < -0.39 is 8.80 Å². The summed E-state index contributed by atoms with van der Waals surface area (Å²) in [5.41, 5.74) is 5.22. The van der Waals surface area contributed by atoms with Crippen LogP contribution in [0.5, 0.6) is 0 Å². The van der Waals surface area contributed by atoms with Gasteiger partial charge in [0, 0.05) is 19.8 Å². The van der Waals surface area contributed by atoms with E-state index >= 15 is 0 Å². The fourth-order valence-corrected chi connectivity index (χ4v) is 5.10. The molecule has 0 heterocycles. The molecule has 0 aromatic rings. The first kappa shape index (κ1) is 17.7. The molecule has 1 atom stereocenters. The Morgan fingerprint density at radius 1 is 1.11 bits per heavy atom. The van der Waals surface area contributed by atoms with Gasteiger partial charge >= 0.3 is 8.80 Å². The molecule has 0 aromatic heterocycles. The molecule has 0 saturated heterocycles. The van der Waals surface area contributed by atoms with Gasteiger partial charge in [-0.25, -0.2) is 0 Å². The molecule has 0 aromatic carbocycles. The number of rotatable bonds is 11. The lowest BCUT2D eigenvalue weighted by Gasteiger charge is -2.34. The topological polar surface area (TPSA) is 70.8 Å². The molecule has 0 fully saturated rings. The van der Waals surface area contributed by atoms with Crippen molar-refractivity contribution >= 4 is 14.6 Å². The summed E-state index contributed by atoms with van der Waals surface area (Å²) in [6.07, 6.45) is 1.43. The largest absolute Gasteiger partial charge is 0.511 e. The van der Waals surface area contributed by atoms with Gasteiger partial charge in [-0.05, 0) is 47.1 Å². The Kier molecular flexibility index (Phi) is 9.48. The maximum absolute atomic E-state index is 11.9. The minimum absolute atomic E-state index is 0.0606. The molecule has 0 rings (SSSR count). The molecular weight excluding hydrogens is 250 g/mol. The van der Waals surface area contributed by atoms with Crippen molar-refractivity contribution in [1.82, 2.24) is 0 Å². The minimum Gasteiger partial charge on any atom is -0.373 e. The third kappa shape index (κ3) is 5.15. The summed E-state index contributed by atoms with van der Waals surface area (Å²) in [5.74, 6) is 0.0606. The molecule has 0 spiro atoms. The zero-order valence-electron chi connectivity index (χ0n) is 12.0. The molecule has 0 saturated carbocycles. The van der Waals surface area contributed by atoms with Gasteiger partial charge in [0.15, 0.2) is 0 Å². The summed E-state index contributed by atoms with van der Waals surface area (Å²) in [6, 6.07) is 0. The van der Waals surface area contributed by atoms with Crippen molar-refractivity contribution in [2.75, 3.05) is 26.4 Å². The van der Waals surface area contributed by atoms with Crippen LogP contribution in [-0.2, 0) is 18.1 Å². The van der Waals surface area contributed by atoms with Crippen LogP contribution in [0.2, 0.25) is 5.54 Å². The summed E-state index contributed by atoms with van der Waals surface area (Å²) in [4.78, 5) is 11.9. The highest BCUT2D eigenvalue weighted by molar-refractivity contribution is 6.66. The molecule has 6 heteroatoms. The number of carbonyl (C=O) groups is 1. The predicted octanol–water partition coefficient (Wildman–Crippen LogP) is 1.73. The lowest BCUT2D eigenvalue weighted by Crippen LogP contribution is -2.52. The van der Waals surface area contributed by atoms with E-state index in [9.17, 15) is 4.79 Å². The SMILES string of the molecule is CCO[Si](OCC)(OCC)C(CCCN)C(C)=O. The first-order chi connectivity index (χ1) is 8.57. The summed E-state index contributed by atoms with van der Waals surface area (Å²) in [6.45, 7) is 9.24. The van der Waals surface area contributed by atoms with E-state index in [4.69, 9.17) is 19.0 Å². The smallest absolute Gasteiger partial charge is 0.373 e. The van der Waals surface area contributed by atoms with Crippen molar-refractivity contribution in [1.29, 1.82) is 0 Å². The second-order valence-electron chi connectivity index (χ2n) is 4.00. The van der Waals surface area contributed by atoms with E-state index in [2.05, 4.69) is 0 Å². The molecule has 0 radical (unpaired) electrons. The van der Waals surface area contributed by atoms with Crippen LogP contribution < -0.4 is 5.73 Å². The first-order valence-electron chi connectivity index (χ1n) is 6.70. The molecule has 18 heavy (non-hydrogen) atoms. The number of nitrogens with two attached hydrogens (primary N) is 1. The molecule has 2 N–H and O–H groups in total. The Morgan fingerprint density at radius 3 is 1.83 bits per heavy atom. The number of hydrogen-bond donors (Lipinski definition) is 1. The van der Waals surface area contributed by atoms with Crippen molar-refractivity contribution in [2.24, 2.45) is 5.73 Å². The Bertz CT molecular complexity index is 221. The average Bonchev–Trinajstić information content (AvgIpc) is 2.30. The van der Waals surface area contributed by atoms with E-state index in [1.54, 1.807) is 6.92 Å². The van der Waals surface area contributed by atoms with Crippen LogP contribution in [0.4, 0.5) is 0 Å². The van der Waals surface area contributed by atoms with Gasteiger partial charge in [-0.2, -0.15) is 0 Å². The van der Waals surface area contributed by atoms with Gasteiger partial charge in [-0.15, -0.1) is 0 Å². The molecule has 108 valence electrons. The molecule has 0 bridgehead atoms. The molecule has 0 aliphatic carbocycles. The van der Waals surface area contributed by atoms with Crippen LogP contribution in [-0.4, -0.2) is 41.0 Å². The Morgan fingerprint density at radius 2 is 1.56 bits per heavy atom. The Hall–Kier alpha value is -0.273. The quantitative estimate of drug-likeness (QED) is 0.582. The zero-order valence-corrected chi connectivity index (χ0v) is 13.0. The lowest BCUT2D eigenvalue weighted by molar-refractivity contribution is -0.118. The average molecular weight is 277 g/mol. The van der Waals surface area contributed by atoms with Gasteiger partial charge in [0.2, 0.25) is 0 Å². The van der Waals surface area contributed by atoms with Crippen molar-refractivity contribution in [3.8, 4) is 0 Å². The lowest BCUT2D eigenvalue weighted by atomic mass is 10.2. The molecule has 1 unspecified atom stereocenters. The monoisotopic (exact) mass is 277 g/mol. The van der Waals surface area contributed by atoms with Crippen molar-refractivity contribution in [3.63, 3.8) is 0 Å². The number of carbonyl (C=O) groups excluding carboxylic acids is 1. The van der Waals surface area contributed by atoms with Gasteiger partial charge in [0.1, 0.15) is 5.78 Å². The van der Waals surface area contributed by atoms with E-state index in [1.807, 2.05) is 20.8 Å². The highest BCUT2D eigenvalue weighted by atomic mass is 28.4. The zero-order chi connectivity index (χ0) is 14.0. The fraction of sp³-hybridized carbons (Fsp3) is 0.917. The summed E-state index contributed by atoms with van der Waals surface area (Å²) >= 11 is 0. The third-order valence-electron chi connectivity index (χ3n) is 2.65. The van der Waals surface area contributed by atoms with Crippen molar-refractivity contribution in [3.05, 3.63) is 0 Å². The molecule has 0 aliphatic rings. The van der Waals surface area contributed by atoms with E-state index in [0.29, 0.717) is 32.8 Å². The predicted molar refractivity (Wildman–Crippen MR) is 73.4 cm³/mol. The van der Waals surface area contributed by atoms with Crippen LogP contribution in [0.3, 0.4) is 0 Å². The maximum Gasteiger partial charge on any atom is 0.511 e. The van der Waals surface area contributed by atoms with Crippen LogP contribution in [0.15, 0.2) is 0 Å². The number of hydrogen-bond acceptors (Lipinski definition) is 5. The normalized spacial score (nSPS) is 13.6. The van der Waals surface area contributed by atoms with Gasteiger partial charge in [0.25, 0.3) is 0 Å². The Balaban J connectivity index is 5.07. The van der Waals surface area contributed by atoms with E-state index in [1.165, 1.54) is 0 Å². The van der Waals surface area contributed by atoms with E-state index in [0.717, 1.165) is 6.42 Å². The second kappa shape index (κ2) is 9.63. The van der Waals surface area contributed by atoms with Crippen LogP contribution in [0.1, 0.15) is 40.5 Å². The van der Waals surface area contributed by atoms with Gasteiger partial charge in [-0.1, -0.05) is 0 Å². The highest BCUT2D eigenvalue weighted by Crippen LogP contribution is 2.31.